The van der Waals surface area contributed by atoms with Gasteiger partial charge in [0.25, 0.3) is 0 Å². The fraction of sp³-hybridized carbons (Fsp3) is 0.318. The number of hydrogen-bond donors (Lipinski definition) is 3. The number of halogens is 1. The maximum absolute atomic E-state index is 14.4. The molecular weight excluding hydrogens is 405 g/mol. The molecule has 31 heavy (non-hydrogen) atoms. The van der Waals surface area contributed by atoms with Crippen LogP contribution in [0.2, 0.25) is 0 Å². The van der Waals surface area contributed by atoms with Gasteiger partial charge in [-0.05, 0) is 50.1 Å². The molecule has 0 bridgehead atoms. The molecule has 168 valence electrons. The Bertz CT molecular complexity index is 933. The lowest BCUT2D eigenvalue weighted by Crippen LogP contribution is -2.36. The van der Waals surface area contributed by atoms with E-state index in [4.69, 9.17) is 30.9 Å². The number of carbonyl (C=O) groups is 1. The Morgan fingerprint density at radius 1 is 1.19 bits per heavy atom. The normalized spacial score (nSPS) is 11.7. The molecule has 0 atom stereocenters. The SMILES string of the molecule is COc1ccc(F)c(N(N)/C(OC(C)C)=C(\N)COc2cccc(CCC(=O)O)c2)c1. The fourth-order valence-electron chi connectivity index (χ4n) is 2.69. The highest BCUT2D eigenvalue weighted by atomic mass is 19.1. The fourth-order valence-corrected chi connectivity index (χ4v) is 2.69. The highest BCUT2D eigenvalue weighted by Crippen LogP contribution is 2.27. The number of methoxy groups -OCH3 is 1. The molecule has 0 amide bonds. The van der Waals surface area contributed by atoms with Gasteiger partial charge in [-0.3, -0.25) is 4.79 Å². The van der Waals surface area contributed by atoms with Crippen molar-refractivity contribution >= 4 is 11.7 Å². The molecule has 0 unspecified atom stereocenters. The van der Waals surface area contributed by atoms with Gasteiger partial charge in [0.2, 0.25) is 5.88 Å². The van der Waals surface area contributed by atoms with Gasteiger partial charge in [-0.25, -0.2) is 15.2 Å². The Hall–Kier alpha value is -3.46. The van der Waals surface area contributed by atoms with E-state index >= 15 is 0 Å². The van der Waals surface area contributed by atoms with Crippen LogP contribution in [0.25, 0.3) is 0 Å². The van der Waals surface area contributed by atoms with Crippen LogP contribution in [0, 0.1) is 5.82 Å². The molecule has 2 aromatic rings. The molecule has 0 heterocycles. The number of nitrogens with two attached hydrogens (primary N) is 2. The summed E-state index contributed by atoms with van der Waals surface area (Å²) in [7, 11) is 1.46. The molecule has 2 aromatic carbocycles. The summed E-state index contributed by atoms with van der Waals surface area (Å²) < 4.78 is 31.0. The van der Waals surface area contributed by atoms with Gasteiger partial charge in [0, 0.05) is 12.5 Å². The quantitative estimate of drug-likeness (QED) is 0.281. The maximum Gasteiger partial charge on any atom is 0.303 e. The van der Waals surface area contributed by atoms with Crippen molar-refractivity contribution in [2.24, 2.45) is 11.6 Å². The summed E-state index contributed by atoms with van der Waals surface area (Å²) in [6.07, 6.45) is 0.116. The molecule has 0 aliphatic heterocycles. The van der Waals surface area contributed by atoms with Crippen molar-refractivity contribution in [3.05, 3.63) is 65.4 Å². The van der Waals surface area contributed by atoms with Gasteiger partial charge in [0.15, 0.2) is 0 Å². The van der Waals surface area contributed by atoms with Crippen LogP contribution in [-0.4, -0.2) is 30.9 Å². The van der Waals surface area contributed by atoms with E-state index in [0.717, 1.165) is 10.6 Å². The van der Waals surface area contributed by atoms with Crippen LogP contribution in [-0.2, 0) is 16.0 Å². The number of rotatable bonds is 11. The predicted molar refractivity (Wildman–Crippen MR) is 115 cm³/mol. The van der Waals surface area contributed by atoms with Crippen LogP contribution < -0.4 is 26.1 Å². The second-order valence-corrected chi connectivity index (χ2v) is 7.01. The minimum atomic E-state index is -0.873. The van der Waals surface area contributed by atoms with Crippen molar-refractivity contribution in [3.8, 4) is 11.5 Å². The Morgan fingerprint density at radius 3 is 2.58 bits per heavy atom. The molecule has 8 nitrogen and oxygen atoms in total. The van der Waals surface area contributed by atoms with Crippen LogP contribution in [0.3, 0.4) is 0 Å². The molecule has 2 rings (SSSR count). The van der Waals surface area contributed by atoms with E-state index in [-0.39, 0.29) is 36.4 Å². The lowest BCUT2D eigenvalue weighted by Gasteiger charge is -2.26. The zero-order chi connectivity index (χ0) is 23.0. The monoisotopic (exact) mass is 433 g/mol. The number of aliphatic carboxylic acids is 1. The molecule has 9 heteroatoms. The van der Waals surface area contributed by atoms with Gasteiger partial charge in [-0.2, -0.15) is 0 Å². The summed E-state index contributed by atoms with van der Waals surface area (Å²) in [6.45, 7) is 3.50. The van der Waals surface area contributed by atoms with Gasteiger partial charge in [-0.15, -0.1) is 0 Å². The van der Waals surface area contributed by atoms with E-state index in [0.29, 0.717) is 17.9 Å². The third-order valence-corrected chi connectivity index (χ3v) is 4.17. The molecule has 0 spiro atoms. The number of nitrogens with zero attached hydrogens (tertiary/aromatic N) is 1. The van der Waals surface area contributed by atoms with Gasteiger partial charge in [0.05, 0.1) is 13.2 Å². The van der Waals surface area contributed by atoms with Gasteiger partial charge < -0.3 is 25.1 Å². The predicted octanol–water partition coefficient (Wildman–Crippen LogP) is 3.16. The van der Waals surface area contributed by atoms with Crippen molar-refractivity contribution < 1.29 is 28.5 Å². The Labute approximate surface area is 180 Å². The van der Waals surface area contributed by atoms with Crippen molar-refractivity contribution in [2.75, 3.05) is 18.7 Å². The number of carboxylic acid groups (broad SMARTS) is 1. The summed E-state index contributed by atoms with van der Waals surface area (Å²) in [6, 6.07) is 11.2. The van der Waals surface area contributed by atoms with Crippen LogP contribution >= 0.6 is 0 Å². The molecule has 0 saturated carbocycles. The van der Waals surface area contributed by atoms with E-state index in [2.05, 4.69) is 0 Å². The second kappa shape index (κ2) is 11.1. The summed E-state index contributed by atoms with van der Waals surface area (Å²) in [4.78, 5) is 10.8. The minimum Gasteiger partial charge on any atom is -0.497 e. The molecular formula is C22H28FN3O5. The number of anilines is 1. The number of aryl methyl sites for hydroxylation is 1. The van der Waals surface area contributed by atoms with Crippen LogP contribution in [0.4, 0.5) is 10.1 Å². The van der Waals surface area contributed by atoms with Crippen LogP contribution in [0.5, 0.6) is 11.5 Å². The van der Waals surface area contributed by atoms with E-state index < -0.39 is 11.8 Å². The zero-order valence-corrected chi connectivity index (χ0v) is 17.8. The molecule has 0 saturated heterocycles. The van der Waals surface area contributed by atoms with E-state index in [9.17, 15) is 9.18 Å². The Balaban J connectivity index is 2.23. The molecule has 0 fully saturated rings. The summed E-state index contributed by atoms with van der Waals surface area (Å²) >= 11 is 0. The minimum absolute atomic E-state index is 0.0199. The number of hydrazine groups is 1. The number of ether oxygens (including phenoxy) is 3. The second-order valence-electron chi connectivity index (χ2n) is 7.01. The van der Waals surface area contributed by atoms with E-state index in [1.165, 1.54) is 25.3 Å². The highest BCUT2D eigenvalue weighted by molar-refractivity contribution is 5.67. The Kier molecular flexibility index (Phi) is 8.51. The Morgan fingerprint density at radius 2 is 1.94 bits per heavy atom. The molecule has 0 aliphatic carbocycles. The first-order chi connectivity index (χ1) is 14.7. The van der Waals surface area contributed by atoms with Gasteiger partial charge in [-0.1, -0.05) is 12.1 Å². The average Bonchev–Trinajstić information content (AvgIpc) is 2.74. The lowest BCUT2D eigenvalue weighted by molar-refractivity contribution is -0.136. The standard InChI is InChI=1S/C22H28FN3O5/c1-14(2)31-22(26(25)20-12-16(29-3)8-9-18(20)23)19(24)13-30-17-6-4-5-15(11-17)7-10-21(27)28/h4-6,8-9,11-12,14H,7,10,13,24-25H2,1-3H3,(H,27,28)/b22-19+. The van der Waals surface area contributed by atoms with Gasteiger partial charge in [0.1, 0.15) is 35.3 Å². The van der Waals surface area contributed by atoms with Crippen molar-refractivity contribution in [1.82, 2.24) is 0 Å². The first-order valence-corrected chi connectivity index (χ1v) is 9.68. The third-order valence-electron chi connectivity index (χ3n) is 4.17. The molecule has 0 aromatic heterocycles. The first kappa shape index (κ1) is 23.8. The van der Waals surface area contributed by atoms with Crippen molar-refractivity contribution in [3.63, 3.8) is 0 Å². The third kappa shape index (κ3) is 7.07. The average molecular weight is 433 g/mol. The number of hydrogen-bond acceptors (Lipinski definition) is 7. The molecule has 0 aliphatic rings. The lowest BCUT2D eigenvalue weighted by atomic mass is 10.1. The van der Waals surface area contributed by atoms with E-state index in [1.807, 2.05) is 6.07 Å². The number of benzene rings is 2. The topological polar surface area (TPSA) is 120 Å². The maximum atomic E-state index is 14.4. The van der Waals surface area contributed by atoms with Crippen molar-refractivity contribution in [2.45, 2.75) is 32.8 Å². The summed E-state index contributed by atoms with van der Waals surface area (Å²) in [5, 5.41) is 9.85. The zero-order valence-electron chi connectivity index (χ0n) is 17.8. The van der Waals surface area contributed by atoms with E-state index in [1.54, 1.807) is 32.0 Å². The number of carboxylic acids is 1. The highest BCUT2D eigenvalue weighted by Gasteiger charge is 2.20. The van der Waals surface area contributed by atoms with Crippen molar-refractivity contribution in [1.29, 1.82) is 0 Å². The largest absolute Gasteiger partial charge is 0.497 e. The first-order valence-electron chi connectivity index (χ1n) is 9.68. The summed E-state index contributed by atoms with van der Waals surface area (Å²) in [5.41, 5.74) is 7.17. The molecule has 5 N–H and O–H groups in total. The summed E-state index contributed by atoms with van der Waals surface area (Å²) in [5.74, 6) is 5.66. The smallest absolute Gasteiger partial charge is 0.303 e. The van der Waals surface area contributed by atoms with Gasteiger partial charge >= 0.3 is 5.97 Å². The molecule has 0 radical (unpaired) electrons. The van der Waals surface area contributed by atoms with Crippen LogP contribution in [0.15, 0.2) is 54.0 Å². The van der Waals surface area contributed by atoms with Crippen LogP contribution in [0.1, 0.15) is 25.8 Å².